The Balaban J connectivity index is 1.62. The Morgan fingerprint density at radius 1 is 0.952 bits per heavy atom. The van der Waals surface area contributed by atoms with E-state index in [-0.39, 0.29) is 0 Å². The van der Waals surface area contributed by atoms with Gasteiger partial charge in [-0.2, -0.15) is 0 Å². The molecule has 0 radical (unpaired) electrons. The first-order valence-corrected chi connectivity index (χ1v) is 9.42. The average molecular weight is 287 g/mol. The largest absolute Gasteiger partial charge is 0.374 e. The molecule has 4 rings (SSSR count). The van der Waals surface area contributed by atoms with E-state index in [0.29, 0.717) is 5.41 Å². The molecule has 1 aliphatic heterocycles. The molecule has 5 unspecified atom stereocenters. The summed E-state index contributed by atoms with van der Waals surface area (Å²) in [5, 5.41) is 0. The molecule has 0 N–H and O–H groups in total. The van der Waals surface area contributed by atoms with Crippen molar-refractivity contribution < 1.29 is 0 Å². The molecule has 0 aromatic rings. The van der Waals surface area contributed by atoms with Gasteiger partial charge >= 0.3 is 0 Å². The van der Waals surface area contributed by atoms with Crippen LogP contribution in [0.2, 0.25) is 0 Å². The maximum atomic E-state index is 2.73. The van der Waals surface area contributed by atoms with Gasteiger partial charge in [0.05, 0.1) is 0 Å². The maximum Gasteiger partial charge on any atom is 0.0350 e. The van der Waals surface area contributed by atoms with E-state index in [0.717, 1.165) is 29.7 Å². The molecule has 0 aromatic heterocycles. The van der Waals surface area contributed by atoms with Crippen LogP contribution in [0.1, 0.15) is 72.1 Å². The molecule has 118 valence electrons. The van der Waals surface area contributed by atoms with Crippen molar-refractivity contribution in [2.75, 3.05) is 7.05 Å². The molecule has 1 heterocycles. The minimum Gasteiger partial charge on any atom is -0.374 e. The summed E-state index contributed by atoms with van der Waals surface area (Å²) in [6, 6.07) is 0.858. The highest BCUT2D eigenvalue weighted by Crippen LogP contribution is 2.58. The van der Waals surface area contributed by atoms with Crippen molar-refractivity contribution in [1.29, 1.82) is 0 Å². The van der Waals surface area contributed by atoms with E-state index in [2.05, 4.69) is 32.7 Å². The summed E-state index contributed by atoms with van der Waals surface area (Å²) in [6.07, 6.45) is 11.8. The zero-order valence-electron chi connectivity index (χ0n) is 14.5. The zero-order chi connectivity index (χ0) is 14.8. The van der Waals surface area contributed by atoms with Crippen LogP contribution >= 0.6 is 0 Å². The molecule has 4 aliphatic rings. The summed E-state index contributed by atoms with van der Waals surface area (Å²) in [5.41, 5.74) is 4.26. The lowest BCUT2D eigenvalue weighted by molar-refractivity contribution is 0.0940. The van der Waals surface area contributed by atoms with Gasteiger partial charge in [-0.3, -0.25) is 0 Å². The van der Waals surface area contributed by atoms with Crippen molar-refractivity contribution in [1.82, 2.24) is 4.90 Å². The van der Waals surface area contributed by atoms with Crippen LogP contribution in [-0.2, 0) is 0 Å². The van der Waals surface area contributed by atoms with Crippen molar-refractivity contribution >= 4 is 0 Å². The zero-order valence-corrected chi connectivity index (χ0v) is 14.5. The number of likely N-dealkylation sites (tertiary alicyclic amines) is 1. The molecule has 0 saturated heterocycles. The van der Waals surface area contributed by atoms with E-state index in [9.17, 15) is 0 Å². The molecule has 2 saturated carbocycles. The smallest absolute Gasteiger partial charge is 0.0350 e. The number of fused-ring (bicyclic) bond motifs is 4. The van der Waals surface area contributed by atoms with Crippen LogP contribution < -0.4 is 0 Å². The topological polar surface area (TPSA) is 3.24 Å². The van der Waals surface area contributed by atoms with Gasteiger partial charge < -0.3 is 4.90 Å². The summed E-state index contributed by atoms with van der Waals surface area (Å²) in [6.45, 7) is 7.39. The van der Waals surface area contributed by atoms with Gasteiger partial charge in [-0.1, -0.05) is 33.6 Å². The highest BCUT2D eigenvalue weighted by Gasteiger charge is 2.51. The third kappa shape index (κ3) is 2.10. The molecular formula is C20H33N. The molecule has 3 aliphatic carbocycles. The molecule has 1 heteroatoms. The summed E-state index contributed by atoms with van der Waals surface area (Å²) in [5.74, 6) is 3.84. The Labute approximate surface area is 131 Å². The molecule has 0 amide bonds. The van der Waals surface area contributed by atoms with Crippen molar-refractivity contribution in [3.05, 3.63) is 11.3 Å². The van der Waals surface area contributed by atoms with Gasteiger partial charge in [0.2, 0.25) is 0 Å². The van der Waals surface area contributed by atoms with Gasteiger partial charge in [0.25, 0.3) is 0 Å². The van der Waals surface area contributed by atoms with Gasteiger partial charge in [-0.15, -0.1) is 0 Å². The lowest BCUT2D eigenvalue weighted by Gasteiger charge is -2.44. The Hall–Kier alpha value is -0.460. The number of nitrogens with zero attached hydrogens (tertiary/aromatic N) is 1. The minimum absolute atomic E-state index is 0.497. The molecule has 0 spiro atoms. The Morgan fingerprint density at radius 3 is 2.48 bits per heavy atom. The van der Waals surface area contributed by atoms with E-state index in [1.54, 1.807) is 5.70 Å². The Morgan fingerprint density at radius 2 is 1.71 bits per heavy atom. The highest BCUT2D eigenvalue weighted by molar-refractivity contribution is 5.34. The standard InChI is InChI=1S/C20H33N/c1-20(2,3)14-9-10-17-16(12-14)19-15-8-6-5-7-13(15)11-18(19)21(17)4/h13-17H,5-12H2,1-4H3. The fraction of sp³-hybridized carbons (Fsp3) is 0.900. The van der Waals surface area contributed by atoms with E-state index >= 15 is 0 Å². The first-order chi connectivity index (χ1) is 9.97. The van der Waals surface area contributed by atoms with Crippen molar-refractivity contribution in [2.24, 2.45) is 29.1 Å². The molecule has 2 fully saturated rings. The van der Waals surface area contributed by atoms with Crippen LogP contribution in [-0.4, -0.2) is 18.0 Å². The van der Waals surface area contributed by atoms with E-state index in [1.165, 1.54) is 51.4 Å². The van der Waals surface area contributed by atoms with Crippen LogP contribution in [0.15, 0.2) is 11.3 Å². The molecule has 1 nitrogen and oxygen atoms in total. The number of rotatable bonds is 0. The summed E-state index contributed by atoms with van der Waals surface area (Å²) in [7, 11) is 2.41. The van der Waals surface area contributed by atoms with Crippen molar-refractivity contribution in [3.8, 4) is 0 Å². The molecule has 21 heavy (non-hydrogen) atoms. The van der Waals surface area contributed by atoms with Gasteiger partial charge in [0, 0.05) is 24.7 Å². The van der Waals surface area contributed by atoms with Crippen LogP contribution in [0.25, 0.3) is 0 Å². The van der Waals surface area contributed by atoms with E-state index in [4.69, 9.17) is 0 Å². The molecule has 0 aromatic carbocycles. The first kappa shape index (κ1) is 14.2. The SMILES string of the molecule is CN1C2=C(C3CCCCC3C2)C2CC(C(C)(C)C)CCC21. The summed E-state index contributed by atoms with van der Waals surface area (Å²) < 4.78 is 0. The van der Waals surface area contributed by atoms with Crippen molar-refractivity contribution in [3.63, 3.8) is 0 Å². The lowest BCUT2D eigenvalue weighted by Crippen LogP contribution is -2.41. The normalized spacial score (nSPS) is 42.9. The lowest BCUT2D eigenvalue weighted by atomic mass is 9.64. The van der Waals surface area contributed by atoms with Crippen molar-refractivity contribution in [2.45, 2.75) is 78.2 Å². The molecule has 5 atom stereocenters. The second kappa shape index (κ2) is 4.77. The number of allylic oxidation sites excluding steroid dienone is 1. The third-order valence-corrected chi connectivity index (χ3v) is 7.46. The monoisotopic (exact) mass is 287 g/mol. The molecular weight excluding hydrogens is 254 g/mol. The Kier molecular flexibility index (Phi) is 3.21. The average Bonchev–Trinajstić information content (AvgIpc) is 2.95. The van der Waals surface area contributed by atoms with E-state index < -0.39 is 0 Å². The fourth-order valence-corrected chi connectivity index (χ4v) is 6.22. The fourth-order valence-electron chi connectivity index (χ4n) is 6.22. The molecule has 0 bridgehead atoms. The predicted molar refractivity (Wildman–Crippen MR) is 88.9 cm³/mol. The highest BCUT2D eigenvalue weighted by atomic mass is 15.2. The van der Waals surface area contributed by atoms with Gasteiger partial charge in [-0.25, -0.2) is 0 Å². The number of hydrogen-bond donors (Lipinski definition) is 0. The summed E-state index contributed by atoms with van der Waals surface area (Å²) in [4.78, 5) is 2.73. The van der Waals surface area contributed by atoms with Crippen LogP contribution in [0.3, 0.4) is 0 Å². The first-order valence-electron chi connectivity index (χ1n) is 9.42. The van der Waals surface area contributed by atoms with E-state index in [1.807, 2.05) is 5.57 Å². The Bertz CT molecular complexity index is 455. The quantitative estimate of drug-likeness (QED) is 0.590. The van der Waals surface area contributed by atoms with Crippen LogP contribution in [0, 0.1) is 29.1 Å². The van der Waals surface area contributed by atoms with Crippen LogP contribution in [0.5, 0.6) is 0 Å². The second-order valence-electron chi connectivity index (χ2n) is 9.42. The minimum atomic E-state index is 0.497. The second-order valence-corrected chi connectivity index (χ2v) is 9.42. The maximum absolute atomic E-state index is 2.73. The van der Waals surface area contributed by atoms with Crippen LogP contribution in [0.4, 0.5) is 0 Å². The summed E-state index contributed by atoms with van der Waals surface area (Å²) >= 11 is 0. The van der Waals surface area contributed by atoms with Gasteiger partial charge in [0.15, 0.2) is 0 Å². The number of hydrogen-bond acceptors (Lipinski definition) is 1. The van der Waals surface area contributed by atoms with Gasteiger partial charge in [-0.05, 0) is 67.3 Å². The predicted octanol–water partition coefficient (Wildman–Crippen LogP) is 5.23. The third-order valence-electron chi connectivity index (χ3n) is 7.46. The van der Waals surface area contributed by atoms with Gasteiger partial charge in [0.1, 0.15) is 0 Å².